The number of hydrogen-bond acceptors (Lipinski definition) is 5. The van der Waals surface area contributed by atoms with Crippen molar-refractivity contribution in [3.63, 3.8) is 0 Å². The first kappa shape index (κ1) is 21.7. The second-order valence-electron chi connectivity index (χ2n) is 8.03. The number of benzene rings is 1. The van der Waals surface area contributed by atoms with Gasteiger partial charge in [0, 0.05) is 30.3 Å². The first-order chi connectivity index (χ1) is 14.7. The number of likely N-dealkylation sites (tertiary alicyclic amines) is 1. The maximum absolute atomic E-state index is 13.9. The van der Waals surface area contributed by atoms with Crippen molar-refractivity contribution in [1.29, 1.82) is 0 Å². The average Bonchev–Trinajstić information content (AvgIpc) is 3.15. The highest BCUT2D eigenvalue weighted by atomic mass is 19.4. The van der Waals surface area contributed by atoms with Crippen LogP contribution >= 0.6 is 0 Å². The Morgan fingerprint density at radius 1 is 1.13 bits per heavy atom. The Hall–Kier alpha value is -2.49. The molecule has 2 aromatic rings. The Balaban J connectivity index is 1.68. The number of aromatic nitrogens is 2. The number of phenols is 1. The third kappa shape index (κ3) is 4.17. The van der Waals surface area contributed by atoms with Crippen molar-refractivity contribution >= 4 is 5.82 Å². The molecule has 5 nitrogen and oxygen atoms in total. The molecule has 2 saturated heterocycles. The smallest absolute Gasteiger partial charge is 0.416 e. The van der Waals surface area contributed by atoms with Crippen LogP contribution in [-0.4, -0.2) is 52.4 Å². The van der Waals surface area contributed by atoms with Crippen LogP contribution in [0.15, 0.2) is 24.3 Å². The normalized spacial score (nSPS) is 22.2. The molecule has 168 valence electrons. The molecule has 0 amide bonds. The third-order valence-corrected chi connectivity index (χ3v) is 6.31. The summed E-state index contributed by atoms with van der Waals surface area (Å²) in [5, 5.41) is 18.1. The van der Waals surface area contributed by atoms with Crippen LogP contribution in [-0.2, 0) is 6.18 Å². The number of phenolic OH excluding ortho intramolecular Hbond substituents is 1. The van der Waals surface area contributed by atoms with Crippen LogP contribution in [0.2, 0.25) is 0 Å². The van der Waals surface area contributed by atoms with Gasteiger partial charge in [0.2, 0.25) is 0 Å². The number of halogens is 5. The Morgan fingerprint density at radius 2 is 1.87 bits per heavy atom. The highest BCUT2D eigenvalue weighted by Gasteiger charge is 2.39. The van der Waals surface area contributed by atoms with Gasteiger partial charge in [-0.2, -0.15) is 13.2 Å². The van der Waals surface area contributed by atoms with E-state index < -0.39 is 29.5 Å². The zero-order valence-electron chi connectivity index (χ0n) is 16.9. The number of fused-ring (bicyclic) bond motifs is 1. The summed E-state index contributed by atoms with van der Waals surface area (Å²) in [7, 11) is 0. The van der Waals surface area contributed by atoms with Crippen molar-refractivity contribution in [2.24, 2.45) is 5.92 Å². The number of likely N-dealkylation sites (N-methyl/N-ethyl adjacent to an activating group) is 1. The van der Waals surface area contributed by atoms with Gasteiger partial charge in [0.05, 0.1) is 5.56 Å². The van der Waals surface area contributed by atoms with Gasteiger partial charge in [-0.25, -0.2) is 8.78 Å². The van der Waals surface area contributed by atoms with Gasteiger partial charge in [0.25, 0.3) is 6.43 Å². The van der Waals surface area contributed by atoms with E-state index in [2.05, 4.69) is 22.0 Å². The number of alkyl halides is 5. The lowest BCUT2D eigenvalue weighted by atomic mass is 9.92. The van der Waals surface area contributed by atoms with Gasteiger partial charge in [0.15, 0.2) is 5.82 Å². The predicted octanol–water partition coefficient (Wildman–Crippen LogP) is 4.73. The number of rotatable bonds is 4. The summed E-state index contributed by atoms with van der Waals surface area (Å²) in [5.41, 5.74) is -2.07. The van der Waals surface area contributed by atoms with E-state index in [1.807, 2.05) is 4.90 Å². The quantitative estimate of drug-likeness (QED) is 0.695. The van der Waals surface area contributed by atoms with E-state index in [1.54, 1.807) is 0 Å². The molecule has 1 aromatic heterocycles. The molecule has 2 aliphatic heterocycles. The van der Waals surface area contributed by atoms with Gasteiger partial charge >= 0.3 is 6.18 Å². The summed E-state index contributed by atoms with van der Waals surface area (Å²) in [6.45, 7) is 5.53. The molecule has 10 heteroatoms. The molecule has 3 heterocycles. The Bertz CT molecular complexity index is 952. The molecular formula is C21H23F5N4O. The summed E-state index contributed by atoms with van der Waals surface area (Å²) in [6.07, 6.45) is -5.59. The minimum Gasteiger partial charge on any atom is -0.507 e. The summed E-state index contributed by atoms with van der Waals surface area (Å²) >= 11 is 0. The van der Waals surface area contributed by atoms with E-state index in [-0.39, 0.29) is 17.3 Å². The molecule has 0 unspecified atom stereocenters. The van der Waals surface area contributed by atoms with E-state index in [0.717, 1.165) is 44.6 Å². The van der Waals surface area contributed by atoms with E-state index in [9.17, 15) is 27.1 Å². The number of aromatic hydroxyl groups is 1. The fraction of sp³-hybridized carbons (Fsp3) is 0.524. The van der Waals surface area contributed by atoms with Crippen molar-refractivity contribution in [1.82, 2.24) is 15.1 Å². The van der Waals surface area contributed by atoms with Crippen molar-refractivity contribution in [3.05, 3.63) is 35.4 Å². The Morgan fingerprint density at radius 3 is 2.52 bits per heavy atom. The van der Waals surface area contributed by atoms with Gasteiger partial charge in [-0.05, 0) is 56.1 Å². The zero-order valence-corrected chi connectivity index (χ0v) is 16.9. The van der Waals surface area contributed by atoms with Gasteiger partial charge in [0.1, 0.15) is 11.4 Å². The zero-order chi connectivity index (χ0) is 22.3. The average molecular weight is 442 g/mol. The SMILES string of the molecule is CCN1CC[C@@H]2CCN(c3cc(C(F)F)c(-c4ccc(C(F)(F)F)cc4O)nn3)[C@@H]2C1. The lowest BCUT2D eigenvalue weighted by Crippen LogP contribution is -2.48. The summed E-state index contributed by atoms with van der Waals surface area (Å²) in [5.74, 6) is 0.0278. The van der Waals surface area contributed by atoms with Crippen molar-refractivity contribution < 1.29 is 27.1 Å². The van der Waals surface area contributed by atoms with Crippen molar-refractivity contribution in [2.75, 3.05) is 31.1 Å². The number of nitrogens with zero attached hydrogens (tertiary/aromatic N) is 4. The minimum atomic E-state index is -4.66. The van der Waals surface area contributed by atoms with Gasteiger partial charge in [-0.3, -0.25) is 0 Å². The lowest BCUT2D eigenvalue weighted by Gasteiger charge is -2.38. The lowest BCUT2D eigenvalue weighted by molar-refractivity contribution is -0.137. The van der Waals surface area contributed by atoms with Gasteiger partial charge in [-0.1, -0.05) is 6.92 Å². The second kappa shape index (κ2) is 8.22. The van der Waals surface area contributed by atoms with Crippen LogP contribution in [0.5, 0.6) is 5.75 Å². The Labute approximate surface area is 176 Å². The summed E-state index contributed by atoms with van der Waals surface area (Å²) < 4.78 is 66.3. The van der Waals surface area contributed by atoms with Gasteiger partial charge < -0.3 is 14.9 Å². The highest BCUT2D eigenvalue weighted by molar-refractivity contribution is 5.71. The maximum atomic E-state index is 13.9. The molecule has 1 N–H and O–H groups in total. The molecule has 4 rings (SSSR count). The highest BCUT2D eigenvalue weighted by Crippen LogP contribution is 2.40. The molecule has 0 spiro atoms. The van der Waals surface area contributed by atoms with Crippen molar-refractivity contribution in [2.45, 2.75) is 38.4 Å². The topological polar surface area (TPSA) is 52.5 Å². The molecule has 2 aliphatic rings. The standard InChI is InChI=1S/C21H23F5N4O/c1-2-29-7-5-12-6-8-30(16(12)11-29)18-10-15(20(22)23)19(28-27-18)14-4-3-13(9-17(14)31)21(24,25)26/h3-4,9-10,12,16,20,31H,2,5-8,11H2,1H3/t12-,16-/m1/s1. The molecule has 0 saturated carbocycles. The van der Waals surface area contributed by atoms with Crippen molar-refractivity contribution in [3.8, 4) is 17.0 Å². The minimum absolute atomic E-state index is 0.166. The molecular weight excluding hydrogens is 419 g/mol. The van der Waals surface area contributed by atoms with Crippen LogP contribution in [0.1, 0.15) is 37.3 Å². The van der Waals surface area contributed by atoms with E-state index in [1.165, 1.54) is 6.07 Å². The molecule has 2 fully saturated rings. The van der Waals surface area contributed by atoms with Gasteiger partial charge in [-0.15, -0.1) is 10.2 Å². The fourth-order valence-corrected chi connectivity index (χ4v) is 4.60. The number of anilines is 1. The first-order valence-corrected chi connectivity index (χ1v) is 10.2. The number of hydrogen-bond donors (Lipinski definition) is 1. The summed E-state index contributed by atoms with van der Waals surface area (Å²) in [6, 6.07) is 3.59. The van der Waals surface area contributed by atoms with E-state index >= 15 is 0 Å². The summed E-state index contributed by atoms with van der Waals surface area (Å²) in [4.78, 5) is 4.32. The first-order valence-electron chi connectivity index (χ1n) is 10.2. The van der Waals surface area contributed by atoms with Crippen LogP contribution in [0, 0.1) is 5.92 Å². The maximum Gasteiger partial charge on any atom is 0.416 e. The van der Waals surface area contributed by atoms with Crippen LogP contribution in [0.4, 0.5) is 27.8 Å². The third-order valence-electron chi connectivity index (χ3n) is 6.31. The molecule has 0 radical (unpaired) electrons. The Kier molecular flexibility index (Phi) is 5.76. The van der Waals surface area contributed by atoms with Crippen LogP contribution in [0.3, 0.4) is 0 Å². The van der Waals surface area contributed by atoms with E-state index in [4.69, 9.17) is 0 Å². The molecule has 31 heavy (non-hydrogen) atoms. The van der Waals surface area contributed by atoms with E-state index in [0.29, 0.717) is 24.3 Å². The number of piperidine rings is 1. The predicted molar refractivity (Wildman–Crippen MR) is 105 cm³/mol. The molecule has 2 atom stereocenters. The second-order valence-corrected chi connectivity index (χ2v) is 8.03. The largest absolute Gasteiger partial charge is 0.507 e. The molecule has 0 bridgehead atoms. The molecule has 0 aliphatic carbocycles. The monoisotopic (exact) mass is 442 g/mol. The van der Waals surface area contributed by atoms with Crippen LogP contribution < -0.4 is 4.90 Å². The van der Waals surface area contributed by atoms with Crippen LogP contribution in [0.25, 0.3) is 11.3 Å². The molecule has 1 aromatic carbocycles. The fourth-order valence-electron chi connectivity index (χ4n) is 4.60.